The van der Waals surface area contributed by atoms with Crippen LogP contribution in [0.5, 0.6) is 63.2 Å². The first-order chi connectivity index (χ1) is 69.8. The van der Waals surface area contributed by atoms with E-state index in [1.807, 2.05) is 353 Å². The van der Waals surface area contributed by atoms with Crippen LogP contribution in [0, 0.1) is 11.8 Å². The maximum Gasteiger partial charge on any atom is 0.199 e. The van der Waals surface area contributed by atoms with E-state index < -0.39 is 0 Å². The monoisotopic (exact) mass is 1990 g/mol. The zero-order chi connectivity index (χ0) is 106. The fourth-order valence-electron chi connectivity index (χ4n) is 14.2. The maximum absolute atomic E-state index is 5.93. The molecule has 0 spiro atoms. The predicted molar refractivity (Wildman–Crippen MR) is 599 cm³/mol. The van der Waals surface area contributed by atoms with Gasteiger partial charge in [-0.25, -0.2) is 0 Å². The van der Waals surface area contributed by atoms with Gasteiger partial charge in [0.2, 0.25) is 0 Å². The molecular formula is C126H168O19. The van der Waals surface area contributed by atoms with Gasteiger partial charge in [-0.2, -0.15) is 0 Å². The molecule has 0 amide bonds. The van der Waals surface area contributed by atoms with Crippen LogP contribution in [-0.4, -0.2) is 124 Å². The molecule has 10 aromatic rings. The van der Waals surface area contributed by atoms with E-state index in [4.69, 9.17) is 90.0 Å². The van der Waals surface area contributed by atoms with Crippen molar-refractivity contribution in [3.63, 3.8) is 0 Å². The Morgan fingerprint density at radius 3 is 0.910 bits per heavy atom. The summed E-state index contributed by atoms with van der Waals surface area (Å²) >= 11 is 0. The molecule has 2 fully saturated rings. The number of ether oxygens (including phenoxy) is 19. The van der Waals surface area contributed by atoms with Crippen LogP contribution in [0.2, 0.25) is 0 Å². The predicted octanol–water partition coefficient (Wildman–Crippen LogP) is 32.7. The van der Waals surface area contributed by atoms with Crippen molar-refractivity contribution >= 4 is 45.6 Å². The fourth-order valence-corrected chi connectivity index (χ4v) is 14.2. The molecule has 2 aliphatic carbocycles. The zero-order valence-electron chi connectivity index (χ0n) is 90.4. The second-order valence-corrected chi connectivity index (χ2v) is 35.6. The molecule has 0 heterocycles. The first kappa shape index (κ1) is 123. The smallest absolute Gasteiger partial charge is 0.199 e. The van der Waals surface area contributed by atoms with Crippen LogP contribution in [0.3, 0.4) is 0 Å². The Kier molecular flexibility index (Phi) is 61.8. The summed E-state index contributed by atoms with van der Waals surface area (Å²) in [6.45, 7) is 69.4. The van der Waals surface area contributed by atoms with Crippen molar-refractivity contribution in [2.75, 3.05) is 73.9 Å². The van der Waals surface area contributed by atoms with Crippen molar-refractivity contribution in [1.82, 2.24) is 0 Å². The number of rotatable bonds is 50. The number of hydrogen-bond acceptors (Lipinski definition) is 19. The van der Waals surface area contributed by atoms with Crippen LogP contribution < -0.4 is 52.1 Å². The summed E-state index contributed by atoms with van der Waals surface area (Å²) in [4.78, 5) is 0. The molecule has 145 heavy (non-hydrogen) atoms. The van der Waals surface area contributed by atoms with Crippen molar-refractivity contribution in [3.05, 3.63) is 346 Å². The minimum atomic E-state index is -0.343. The van der Waals surface area contributed by atoms with E-state index in [2.05, 4.69) is 66.5 Å². The SMILES string of the molecule is C=C(C)c1ccc(OC(C)OC2CCCCC2)cc1.C=C(C)c1ccc(OC(C)OCC(C)C)cc1.C=C(C)c1ccc(OC(C)OCC)cc1.C=C(C)c1ccc(OC(C)OCCC2CCCCC2)cc1.C=C(C)c1ccc(OC(CC)OCC)cc1.C=C(C)c1ccc(OCOC)cc1.C=Cc1ccc(OC(C)OCCOc2ccc(OC)cc2)cc1.C=Cc1ccc(OC(C)OCCOc2ccccc2)cc1. The average Bonchev–Trinajstić information content (AvgIpc) is 0.904. The number of allylic oxidation sites excluding steroid dienone is 6. The topological polar surface area (TPSA) is 175 Å². The minimum absolute atomic E-state index is 0.152. The highest BCUT2D eigenvalue weighted by Crippen LogP contribution is 2.31. The molecule has 0 aliphatic heterocycles. The van der Waals surface area contributed by atoms with Crippen LogP contribution >= 0.6 is 0 Å². The van der Waals surface area contributed by atoms with Crippen molar-refractivity contribution in [2.45, 2.75) is 245 Å². The highest BCUT2D eigenvalue weighted by molar-refractivity contribution is 5.66. The van der Waals surface area contributed by atoms with Crippen LogP contribution in [0.1, 0.15) is 239 Å². The summed E-state index contributed by atoms with van der Waals surface area (Å²) in [6, 6.07) is 80.0. The molecule has 7 unspecified atom stereocenters. The summed E-state index contributed by atoms with van der Waals surface area (Å²) in [6.07, 6.45) is 17.6. The van der Waals surface area contributed by atoms with Crippen molar-refractivity contribution in [1.29, 1.82) is 0 Å². The summed E-state index contributed by atoms with van der Waals surface area (Å²) in [5, 5.41) is 0. The molecule has 0 radical (unpaired) electrons. The van der Waals surface area contributed by atoms with Gasteiger partial charge in [0.15, 0.2) is 50.8 Å². The maximum atomic E-state index is 5.93. The Morgan fingerprint density at radius 2 is 0.586 bits per heavy atom. The summed E-state index contributed by atoms with van der Waals surface area (Å²) in [7, 11) is 3.23. The van der Waals surface area contributed by atoms with Crippen LogP contribution in [0.15, 0.2) is 301 Å². The van der Waals surface area contributed by atoms with Crippen molar-refractivity contribution in [3.8, 4) is 63.2 Å². The van der Waals surface area contributed by atoms with Gasteiger partial charge in [0.25, 0.3) is 0 Å². The molecule has 0 saturated heterocycles. The van der Waals surface area contributed by atoms with E-state index in [0.717, 1.165) is 160 Å². The third-order valence-corrected chi connectivity index (χ3v) is 22.2. The first-order valence-electron chi connectivity index (χ1n) is 50.9. The van der Waals surface area contributed by atoms with Crippen LogP contribution in [0.4, 0.5) is 0 Å². The van der Waals surface area contributed by atoms with E-state index in [1.54, 1.807) is 26.4 Å². The van der Waals surface area contributed by atoms with E-state index in [9.17, 15) is 0 Å². The Morgan fingerprint density at radius 1 is 0.297 bits per heavy atom. The molecule has 2 aliphatic rings. The Balaban J connectivity index is 0.000000293. The molecule has 12 rings (SSSR count). The van der Waals surface area contributed by atoms with Crippen molar-refractivity contribution < 1.29 is 90.0 Å². The lowest BCUT2D eigenvalue weighted by Crippen LogP contribution is -2.26. The van der Waals surface area contributed by atoms with Crippen LogP contribution in [-0.2, 0) is 37.9 Å². The summed E-state index contributed by atoms with van der Waals surface area (Å²) < 4.78 is 105. The van der Waals surface area contributed by atoms with Gasteiger partial charge in [0.1, 0.15) is 76.5 Å². The lowest BCUT2D eigenvalue weighted by Gasteiger charge is -2.26. The van der Waals surface area contributed by atoms with Gasteiger partial charge < -0.3 is 90.0 Å². The van der Waals surface area contributed by atoms with E-state index in [-0.39, 0.29) is 50.8 Å². The fraction of sp³-hybridized carbons (Fsp3) is 0.397. The van der Waals surface area contributed by atoms with Gasteiger partial charge in [0, 0.05) is 26.7 Å². The molecule has 0 aromatic heterocycles. The second-order valence-electron chi connectivity index (χ2n) is 35.6. The Bertz CT molecular complexity index is 5160. The van der Waals surface area contributed by atoms with Gasteiger partial charge in [-0.3, -0.25) is 0 Å². The third kappa shape index (κ3) is 54.9. The highest BCUT2D eigenvalue weighted by Gasteiger charge is 2.20. The average molecular weight is 1990 g/mol. The largest absolute Gasteiger partial charge is 0.497 e. The minimum Gasteiger partial charge on any atom is -0.497 e. The number of methoxy groups -OCH3 is 2. The lowest BCUT2D eigenvalue weighted by atomic mass is 9.87. The number of hydrogen-bond donors (Lipinski definition) is 0. The normalized spacial score (nSPS) is 13.4. The van der Waals surface area contributed by atoms with Gasteiger partial charge in [0.05, 0.1) is 39.6 Å². The van der Waals surface area contributed by atoms with Crippen molar-refractivity contribution in [2.24, 2.45) is 11.8 Å². The van der Waals surface area contributed by atoms with E-state index in [1.165, 1.54) is 70.6 Å². The van der Waals surface area contributed by atoms with Gasteiger partial charge in [-0.05, 0) is 306 Å². The standard InChI is InChI=1S/C19H22O4.C19H28O2.C18H20O3.C17H24O2.C15H22O2.C14H20O2.C13H18O2.C11H14O2/c1-4-16-5-7-19(8-6-16)23-15(2)21-13-14-22-18-11-9-17(20-3)10-12-18;1-15(2)18-9-11-19(12-10-18)21-16(3)20-14-13-17-7-5-4-6-8-17;1-3-16-9-11-18(12-10-16)21-15(2)19-13-14-20-17-7-5-4-6-8-17;1-13(2)15-9-11-17(12-10-15)19-14(3)18-16-7-5-4-6-8-16;1-11(2)10-16-13(5)17-15-8-6-14(7-9-15)12(3)4;1-5-14(15-6-2)16-13-9-7-12(8-10-13)11(3)4;1-5-14-11(4)15-13-8-6-12(7-9-13)10(2)3;1-9(2)10-4-6-11(7-5-10)13-8-12-3/h4-12,15H,1,13-14H2,2-3H3;9-12,16-17H,1,4-8,13-14H2,2-3H3;3-12,15H,1,13-14H2,2H3;9-12,14,16H,1,4-8H2,2-3H3;6-9,11,13H,3,10H2,1-2,4-5H3;7-10,14H,3,5-6H2,1-2,4H3;6-9,11H,2,5H2,1,3-4H3;4-7H,1,8H2,2-3H3. The van der Waals surface area contributed by atoms with E-state index >= 15 is 0 Å². The lowest BCUT2D eigenvalue weighted by molar-refractivity contribution is -0.116. The summed E-state index contributed by atoms with van der Waals surface area (Å²) in [5.74, 6) is 10.3. The molecule has 0 bridgehead atoms. The second kappa shape index (κ2) is 72.8. The zero-order valence-corrected chi connectivity index (χ0v) is 90.4. The molecule has 7 atom stereocenters. The van der Waals surface area contributed by atoms with Crippen LogP contribution in [0.25, 0.3) is 45.6 Å². The Hall–Kier alpha value is -12.4. The van der Waals surface area contributed by atoms with Gasteiger partial charge in [-0.1, -0.05) is 286 Å². The quantitative estimate of drug-likeness (QED) is 0.0260. The van der Waals surface area contributed by atoms with Gasteiger partial charge >= 0.3 is 0 Å². The molecular weight excluding hydrogens is 1820 g/mol. The third-order valence-electron chi connectivity index (χ3n) is 22.2. The first-order valence-corrected chi connectivity index (χ1v) is 50.9. The number of benzene rings is 10. The molecule has 786 valence electrons. The molecule has 19 heteroatoms. The number of para-hydroxylation sites is 1. The Labute approximate surface area is 870 Å². The highest BCUT2D eigenvalue weighted by atomic mass is 16.7. The van der Waals surface area contributed by atoms with Gasteiger partial charge in [-0.15, -0.1) is 0 Å². The summed E-state index contributed by atoms with van der Waals surface area (Å²) in [5.41, 5.74) is 15.3. The molecule has 10 aromatic carbocycles. The van der Waals surface area contributed by atoms with E-state index in [0.29, 0.717) is 58.3 Å². The molecule has 2 saturated carbocycles. The molecule has 19 nitrogen and oxygen atoms in total. The molecule has 0 N–H and O–H groups in total.